The third-order valence-electron chi connectivity index (χ3n) is 23.0. The summed E-state index contributed by atoms with van der Waals surface area (Å²) in [6.07, 6.45) is -3.64. The van der Waals surface area contributed by atoms with Gasteiger partial charge < -0.3 is 115 Å². The minimum atomic E-state index is -1.57. The molecule has 10 unspecified atom stereocenters. The number of carbonyl (C=O) groups is 22. The molecular weight excluding hydrogens is 1950 g/mol. The minimum Gasteiger partial charge on any atom is -0.481 e. The van der Waals surface area contributed by atoms with Crippen LogP contribution in [0.3, 0.4) is 0 Å². The zero-order valence-electron chi connectivity index (χ0n) is 79.4. The number of fused-ring (bicyclic) bond motifs is 2. The quantitative estimate of drug-likeness (QED) is 0.0163. The van der Waals surface area contributed by atoms with Crippen molar-refractivity contribution >= 4 is 152 Å². The van der Waals surface area contributed by atoms with Crippen molar-refractivity contribution < 1.29 is 165 Å². The lowest BCUT2D eigenvalue weighted by Crippen LogP contribution is -2.51. The Morgan fingerprint density at radius 2 is 0.608 bits per heavy atom. The maximum absolute atomic E-state index is 13.6. The van der Waals surface area contributed by atoms with E-state index in [2.05, 4.69) is 73.8 Å². The minimum absolute atomic E-state index is 0.0395. The Bertz CT molecular complexity index is 6120. The van der Waals surface area contributed by atoms with Crippen molar-refractivity contribution in [1.29, 1.82) is 0 Å². The van der Waals surface area contributed by atoms with E-state index >= 15 is 0 Å². The van der Waals surface area contributed by atoms with Crippen molar-refractivity contribution in [2.24, 2.45) is 11.8 Å². The van der Waals surface area contributed by atoms with Gasteiger partial charge >= 0.3 is 71.8 Å². The number of hydrogen-bond acceptors (Lipinski definition) is 24. The molecule has 46 nitrogen and oxygen atoms in total. The highest BCUT2D eigenvalue weighted by Crippen LogP contribution is 2.24. The Morgan fingerprint density at radius 3 is 0.953 bits per heavy atom. The number of carboxylic acid groups (broad SMARTS) is 10. The van der Waals surface area contributed by atoms with Crippen LogP contribution in [0.5, 0.6) is 0 Å². The van der Waals surface area contributed by atoms with Gasteiger partial charge in [-0.15, -0.1) is 0 Å². The number of nitrogens with one attached hydrogen (secondary N) is 12. The molecule has 0 spiro atoms. The van der Waals surface area contributed by atoms with Crippen molar-refractivity contribution in [3.63, 3.8) is 0 Å². The van der Waals surface area contributed by atoms with E-state index in [4.69, 9.17) is 20.4 Å². The third-order valence-corrected chi connectivity index (χ3v) is 23.0. The molecule has 788 valence electrons. The number of pyridine rings is 2. The van der Waals surface area contributed by atoms with Crippen LogP contribution in [0, 0.1) is 23.7 Å². The highest BCUT2D eigenvalue weighted by atomic mass is 18.2. The molecule has 0 radical (unpaired) electrons. The van der Waals surface area contributed by atoms with Gasteiger partial charge in [0.05, 0.1) is 29.5 Å². The predicted octanol–water partition coefficient (Wildman–Crippen LogP) is 5.58. The fraction of sp³-hybridized carbons (Fsp3) is 0.360. The van der Waals surface area contributed by atoms with Gasteiger partial charge in [0, 0.05) is 126 Å². The summed E-state index contributed by atoms with van der Waals surface area (Å²) in [7, 11) is 0. The lowest BCUT2D eigenvalue weighted by Gasteiger charge is -2.20. The summed E-state index contributed by atoms with van der Waals surface area (Å²) in [5, 5.41) is 127. The molecule has 0 aliphatic rings. The van der Waals surface area contributed by atoms with Crippen molar-refractivity contribution in [1.82, 2.24) is 73.8 Å². The second-order valence-corrected chi connectivity index (χ2v) is 34.2. The Kier molecular flexibility index (Phi) is 47.6. The van der Waals surface area contributed by atoms with Gasteiger partial charge in [-0.05, 0) is 163 Å². The van der Waals surface area contributed by atoms with Gasteiger partial charge in [-0.25, -0.2) is 38.7 Å². The summed E-state index contributed by atoms with van der Waals surface area (Å²) in [6.45, 7) is 0.00159. The SMILES string of the molecule is O=C(O)CCC(NC(=O)NC(CCCCNC(=O)C(Cc1ccc2ccccc2c1)NC(=O)c1ccc(CNC(=O)CCC(CC(=O)C(CCC(=O)O)NC(=O)c2ccc([18F])nc2)C(=O)O)cc1)C(=O)O)C(=O)O.O=C(O)CCC(NC(=O)NC(CCCCNC(=O)C(Cc1ccc2ccccc2c1)NC(=O)c1ccc(CNC(=O)CCC(CC(=O)C(CCC(=O)O)NC(=O)c2ccnc([18F])c2)C(=O)O)cc1)C(=O)O)C(=O)O. The number of halogens is 2. The molecule has 8 aromatic rings. The van der Waals surface area contributed by atoms with E-state index in [0.29, 0.717) is 11.1 Å². The average Bonchev–Trinajstić information content (AvgIpc) is 0.825. The molecule has 0 aliphatic carbocycles. The number of hydrogen-bond donors (Lipinski definition) is 22. The number of aromatic nitrogens is 2. The number of carbonyl (C=O) groups excluding carboxylic acids is 12. The summed E-state index contributed by atoms with van der Waals surface area (Å²) in [6, 6.07) is 28.9. The standard InChI is InChI=1S/2C50H56FN7O16/c51-40-18-14-34(27-53-40)45(66)55-35(16-20-42(61)62)39(59)25-33(47(68)69)15-19-41(60)54-26-28-8-12-31(13-9-28)44(65)56-38(24-29-10-11-30-5-1-2-6-32(30)23-29)46(67)52-22-4-3-7-36(48(70)71)57-50(74)58-37(49(72)73)17-21-43(63)64;51-40-26-33(20-22-52-40)45(66)55-35(15-18-42(61)62)39(59)25-34(47(68)69)14-17-41(60)54-27-28-8-12-31(13-9-28)44(65)56-38(24-29-10-11-30-5-1-2-6-32(30)23-29)46(67)53-21-4-3-7-36(48(70)71)57-50(74)58-37(49(72)73)16-19-43(63)64/h1-2,5-6,8-14,18,23,27,33,35-38H,3-4,7,15-17,19-22,24-26H2,(H,52,67)(H,54,60)(H,55,66)(H,56,65)(H,61,62)(H,63,64)(H,68,69)(H,70,71)(H,72,73)(H2,57,58,74);1-2,5-6,8-13,20,22-23,26,34-38H,3-4,7,14-19,21,24-25,27H2,(H,53,67)(H,54,60)(H,55,66)(H,56,65)(H,61,62)(H,63,64)(H,68,69)(H,70,71)(H,72,73)(H2,57,58,74)/i2*51-1. The summed E-state index contributed by atoms with van der Waals surface area (Å²) in [4.78, 5) is 278. The first kappa shape index (κ1) is 117. The summed E-state index contributed by atoms with van der Waals surface area (Å²) in [5.41, 5.74) is 2.52. The summed E-state index contributed by atoms with van der Waals surface area (Å²) in [5.74, 6) is -25.2. The second-order valence-electron chi connectivity index (χ2n) is 34.2. The molecular formula is C100H112F2N14O32. The molecule has 2 heterocycles. The highest BCUT2D eigenvalue weighted by Gasteiger charge is 2.35. The Hall–Kier alpha value is -17.7. The second kappa shape index (κ2) is 60.1. The van der Waals surface area contributed by atoms with Crippen LogP contribution in [-0.2, 0) is 103 Å². The van der Waals surface area contributed by atoms with Gasteiger partial charge in [0.1, 0.15) is 36.3 Å². The van der Waals surface area contributed by atoms with E-state index < -0.39 is 254 Å². The van der Waals surface area contributed by atoms with Gasteiger partial charge in [0.2, 0.25) is 35.5 Å². The number of benzene rings is 6. The first-order valence-corrected chi connectivity index (χ1v) is 46.5. The molecule has 8 rings (SSSR count). The molecule has 22 N–H and O–H groups in total. The van der Waals surface area contributed by atoms with Crippen LogP contribution in [0.1, 0.15) is 192 Å². The van der Waals surface area contributed by atoms with E-state index in [9.17, 15) is 145 Å². The van der Waals surface area contributed by atoms with Gasteiger partial charge in [-0.3, -0.25) is 76.7 Å². The molecule has 6 aromatic carbocycles. The Morgan fingerprint density at radius 1 is 0.277 bits per heavy atom. The van der Waals surface area contributed by atoms with Gasteiger partial charge in [0.25, 0.3) is 23.6 Å². The summed E-state index contributed by atoms with van der Waals surface area (Å²) >= 11 is 0. The zero-order chi connectivity index (χ0) is 109. The van der Waals surface area contributed by atoms with Crippen molar-refractivity contribution in [3.8, 4) is 0 Å². The van der Waals surface area contributed by atoms with E-state index in [-0.39, 0.29) is 138 Å². The first-order valence-electron chi connectivity index (χ1n) is 46.5. The van der Waals surface area contributed by atoms with Gasteiger partial charge in [-0.1, -0.05) is 109 Å². The third kappa shape index (κ3) is 42.1. The zero-order valence-corrected chi connectivity index (χ0v) is 79.4. The van der Waals surface area contributed by atoms with Crippen LogP contribution >= 0.6 is 0 Å². The summed E-state index contributed by atoms with van der Waals surface area (Å²) < 4.78 is 26.8. The topological polar surface area (TPSA) is 748 Å². The van der Waals surface area contributed by atoms with Crippen molar-refractivity contribution in [3.05, 3.63) is 227 Å². The number of carboxylic acids is 10. The lowest BCUT2D eigenvalue weighted by molar-refractivity contribution is -0.145. The highest BCUT2D eigenvalue weighted by molar-refractivity contribution is 6.02. The average molecular weight is 2060 g/mol. The molecule has 12 amide bonds. The number of amides is 12. The normalized spacial score (nSPS) is 12.9. The number of ketones is 2. The Labute approximate surface area is 841 Å². The number of aliphatic carboxylic acids is 10. The van der Waals surface area contributed by atoms with E-state index in [1.807, 2.05) is 84.9 Å². The van der Waals surface area contributed by atoms with Crippen LogP contribution in [0.2, 0.25) is 0 Å². The van der Waals surface area contributed by atoms with Crippen molar-refractivity contribution in [2.75, 3.05) is 13.1 Å². The van der Waals surface area contributed by atoms with Crippen LogP contribution in [-0.4, -0.2) is 253 Å². The number of Topliss-reactive ketones (excluding diaryl/α,β-unsaturated/α-hetero) is 2. The fourth-order valence-electron chi connectivity index (χ4n) is 14.8. The number of urea groups is 2. The number of rotatable bonds is 62. The van der Waals surface area contributed by atoms with Crippen LogP contribution in [0.4, 0.5) is 18.4 Å². The molecule has 0 saturated heterocycles. The smallest absolute Gasteiger partial charge is 0.326 e. The predicted molar refractivity (Wildman–Crippen MR) is 515 cm³/mol. The lowest BCUT2D eigenvalue weighted by atomic mass is 9.92. The maximum Gasteiger partial charge on any atom is 0.326 e. The monoisotopic (exact) mass is 2060 g/mol. The molecule has 148 heavy (non-hydrogen) atoms. The van der Waals surface area contributed by atoms with Crippen molar-refractivity contribution in [2.45, 2.75) is 203 Å². The van der Waals surface area contributed by atoms with E-state index in [1.165, 1.54) is 30.3 Å². The molecule has 48 heteroatoms. The molecule has 2 aromatic heterocycles. The van der Waals surface area contributed by atoms with Crippen LogP contribution < -0.4 is 63.8 Å². The maximum atomic E-state index is 13.6. The largest absolute Gasteiger partial charge is 0.481 e. The first-order chi connectivity index (χ1) is 70.4. The Balaban J connectivity index is 0.000000401. The molecule has 0 fully saturated rings. The van der Waals surface area contributed by atoms with Crippen LogP contribution in [0.25, 0.3) is 21.5 Å². The number of nitrogens with zero attached hydrogens (tertiary/aromatic N) is 2. The van der Waals surface area contributed by atoms with E-state index in [0.717, 1.165) is 63.3 Å². The van der Waals surface area contributed by atoms with Crippen LogP contribution in [0.15, 0.2) is 170 Å². The molecule has 0 saturated carbocycles. The molecule has 0 bridgehead atoms. The number of unbranched alkanes of at least 4 members (excludes halogenated alkanes) is 2. The molecule has 10 atom stereocenters. The molecule has 0 aliphatic heterocycles. The fourth-order valence-corrected chi connectivity index (χ4v) is 14.8. The van der Waals surface area contributed by atoms with Gasteiger partial charge in [0.15, 0.2) is 11.6 Å². The van der Waals surface area contributed by atoms with E-state index in [1.54, 1.807) is 24.3 Å². The van der Waals surface area contributed by atoms with Gasteiger partial charge in [-0.2, -0.15) is 8.78 Å².